The van der Waals surface area contributed by atoms with Crippen LogP contribution < -0.4 is 4.90 Å². The SMILES string of the molecule is O=C(O)c1ccc(-c2csc(N3[C@H]4CC5[C@@H]3C[C@@]5(OCc3c(-c5c(Cl)cccc5Cl)noc3C3CC3)C4)n2)cc1. The van der Waals surface area contributed by atoms with Crippen molar-refractivity contribution in [3.63, 3.8) is 0 Å². The van der Waals surface area contributed by atoms with Gasteiger partial charge in [0, 0.05) is 46.0 Å². The lowest BCUT2D eigenvalue weighted by Crippen LogP contribution is -2.65. The van der Waals surface area contributed by atoms with Crippen LogP contribution in [0.5, 0.6) is 0 Å². The molecule has 3 heterocycles. The maximum absolute atomic E-state index is 11.2. The van der Waals surface area contributed by atoms with Crippen LogP contribution >= 0.6 is 34.5 Å². The fraction of sp³-hybridized carbons (Fsp3) is 0.367. The summed E-state index contributed by atoms with van der Waals surface area (Å²) in [5.41, 5.74) is 4.35. The Kier molecular flexibility index (Phi) is 5.62. The fourth-order valence-corrected chi connectivity index (χ4v) is 8.62. The van der Waals surface area contributed by atoms with E-state index in [2.05, 4.69) is 15.4 Å². The molecule has 4 atom stereocenters. The number of carbonyl (C=O) groups is 1. The molecular weight excluding hydrogens is 569 g/mol. The van der Waals surface area contributed by atoms with Gasteiger partial charge in [0.1, 0.15) is 11.5 Å². The van der Waals surface area contributed by atoms with Crippen molar-refractivity contribution in [3.05, 3.63) is 74.8 Å². The van der Waals surface area contributed by atoms with Gasteiger partial charge in [-0.1, -0.05) is 46.6 Å². The summed E-state index contributed by atoms with van der Waals surface area (Å²) in [5.74, 6) is 0.847. The average Bonchev–Trinajstić information content (AvgIpc) is 3.27. The van der Waals surface area contributed by atoms with Crippen LogP contribution in [0.25, 0.3) is 22.5 Å². The highest BCUT2D eigenvalue weighted by Gasteiger charge is 2.69. The Bertz CT molecular complexity index is 1630. The van der Waals surface area contributed by atoms with Crippen LogP contribution in [0.15, 0.2) is 52.4 Å². The molecule has 1 unspecified atom stereocenters. The van der Waals surface area contributed by atoms with Crippen molar-refractivity contribution in [3.8, 4) is 22.5 Å². The Morgan fingerprint density at radius 3 is 2.60 bits per heavy atom. The van der Waals surface area contributed by atoms with Gasteiger partial charge in [0.2, 0.25) is 0 Å². The van der Waals surface area contributed by atoms with Crippen molar-refractivity contribution in [1.29, 1.82) is 0 Å². The molecule has 3 aliphatic carbocycles. The standard InChI is InChI=1S/C30H25Cl2N3O4S/c31-21-2-1-3-22(32)25(21)26-19(27(39-34-26)16-6-7-16)13-38-30-11-18-10-20(30)24(12-30)35(18)29-33-23(14-40-29)15-4-8-17(9-5-15)28(36)37/h1-5,8-9,14,16,18,20,24H,6-7,10-13H2,(H,36,37)/t18-,20?,24-,30-/m0/s1. The number of halogens is 2. The molecule has 4 aliphatic rings. The summed E-state index contributed by atoms with van der Waals surface area (Å²) in [5, 5.41) is 17.8. The van der Waals surface area contributed by atoms with Gasteiger partial charge >= 0.3 is 5.97 Å². The smallest absolute Gasteiger partial charge is 0.335 e. The minimum absolute atomic E-state index is 0.127. The monoisotopic (exact) mass is 593 g/mol. The summed E-state index contributed by atoms with van der Waals surface area (Å²) < 4.78 is 12.7. The van der Waals surface area contributed by atoms with E-state index in [1.165, 1.54) is 0 Å². The van der Waals surface area contributed by atoms with Crippen LogP contribution in [-0.4, -0.2) is 38.9 Å². The molecule has 2 aromatic carbocycles. The Morgan fingerprint density at radius 1 is 1.15 bits per heavy atom. The first kappa shape index (κ1) is 24.9. The molecule has 204 valence electrons. The highest BCUT2D eigenvalue weighted by atomic mass is 35.5. The normalized spacial score (nSPS) is 26.4. The van der Waals surface area contributed by atoms with Gasteiger partial charge in [-0.25, -0.2) is 9.78 Å². The van der Waals surface area contributed by atoms with Crippen molar-refractivity contribution in [2.24, 2.45) is 5.92 Å². The van der Waals surface area contributed by atoms with Crippen LogP contribution in [-0.2, 0) is 11.3 Å². The first-order valence-corrected chi connectivity index (χ1v) is 15.2. The van der Waals surface area contributed by atoms with E-state index >= 15 is 0 Å². The lowest BCUT2D eigenvalue weighted by atomic mass is 9.66. The van der Waals surface area contributed by atoms with Gasteiger partial charge in [-0.3, -0.25) is 0 Å². The minimum atomic E-state index is -0.925. The lowest BCUT2D eigenvalue weighted by molar-refractivity contribution is -0.156. The number of hydrogen-bond donors (Lipinski definition) is 1. The molecule has 40 heavy (non-hydrogen) atoms. The van der Waals surface area contributed by atoms with E-state index in [1.807, 2.05) is 30.3 Å². The third kappa shape index (κ3) is 3.76. The fourth-order valence-electron chi connectivity index (χ4n) is 7.08. The van der Waals surface area contributed by atoms with Crippen LogP contribution in [0, 0.1) is 5.92 Å². The summed E-state index contributed by atoms with van der Waals surface area (Å²) in [7, 11) is 0. The number of thiazole rings is 1. The van der Waals surface area contributed by atoms with Crippen LogP contribution in [0.3, 0.4) is 0 Å². The van der Waals surface area contributed by atoms with Gasteiger partial charge in [0.15, 0.2) is 5.13 Å². The molecule has 4 fully saturated rings. The summed E-state index contributed by atoms with van der Waals surface area (Å²) >= 11 is 14.8. The summed E-state index contributed by atoms with van der Waals surface area (Å²) in [4.78, 5) is 18.6. The van der Waals surface area contributed by atoms with Gasteiger partial charge < -0.3 is 19.3 Å². The quantitative estimate of drug-likeness (QED) is 0.224. The van der Waals surface area contributed by atoms with Gasteiger partial charge in [-0.2, -0.15) is 0 Å². The average molecular weight is 595 g/mol. The number of benzene rings is 2. The molecule has 1 saturated heterocycles. The second-order valence-electron chi connectivity index (χ2n) is 11.4. The van der Waals surface area contributed by atoms with Crippen molar-refractivity contribution in [1.82, 2.24) is 10.1 Å². The molecule has 8 rings (SSSR count). The Labute approximate surface area is 244 Å². The van der Waals surface area contributed by atoms with Crippen molar-refractivity contribution < 1.29 is 19.2 Å². The van der Waals surface area contributed by atoms with Crippen LogP contribution in [0.4, 0.5) is 5.13 Å². The number of nitrogens with zero attached hydrogens (tertiary/aromatic N) is 3. The molecule has 2 aromatic heterocycles. The predicted molar refractivity (Wildman–Crippen MR) is 153 cm³/mol. The first-order chi connectivity index (χ1) is 19.4. The maximum Gasteiger partial charge on any atom is 0.335 e. The molecule has 1 aliphatic heterocycles. The molecule has 1 N–H and O–H groups in total. The number of piperidine rings is 2. The molecule has 4 aromatic rings. The third-order valence-electron chi connectivity index (χ3n) is 9.16. The predicted octanol–water partition coefficient (Wildman–Crippen LogP) is 7.67. The van der Waals surface area contributed by atoms with Gasteiger partial charge in [0.05, 0.1) is 33.5 Å². The Balaban J connectivity index is 1.00. The Morgan fingerprint density at radius 2 is 1.93 bits per heavy atom. The van der Waals surface area contributed by atoms with Crippen molar-refractivity contribution in [2.75, 3.05) is 4.90 Å². The number of ether oxygens (including phenoxy) is 1. The second kappa shape index (κ2) is 9.05. The van der Waals surface area contributed by atoms with Crippen LogP contribution in [0.1, 0.15) is 59.7 Å². The zero-order valence-electron chi connectivity index (χ0n) is 21.3. The number of carboxylic acid groups (broad SMARTS) is 1. The highest BCUT2D eigenvalue weighted by Crippen LogP contribution is 2.64. The minimum Gasteiger partial charge on any atom is -0.478 e. The van der Waals surface area contributed by atoms with Crippen LogP contribution in [0.2, 0.25) is 10.0 Å². The van der Waals surface area contributed by atoms with Gasteiger partial charge in [-0.05, 0) is 56.4 Å². The molecule has 0 spiro atoms. The van der Waals surface area contributed by atoms with E-state index < -0.39 is 5.97 Å². The lowest BCUT2D eigenvalue weighted by Gasteiger charge is -2.57. The van der Waals surface area contributed by atoms with E-state index in [-0.39, 0.29) is 11.2 Å². The van der Waals surface area contributed by atoms with Crippen molar-refractivity contribution in [2.45, 2.75) is 62.3 Å². The number of rotatable bonds is 8. The zero-order valence-corrected chi connectivity index (χ0v) is 23.7. The van der Waals surface area contributed by atoms with E-state index in [0.29, 0.717) is 51.8 Å². The molecule has 0 radical (unpaired) electrons. The van der Waals surface area contributed by atoms with Crippen molar-refractivity contribution >= 4 is 45.6 Å². The summed E-state index contributed by atoms with van der Waals surface area (Å²) in [6.45, 7) is 0.440. The van der Waals surface area contributed by atoms with Gasteiger partial charge in [-0.15, -0.1) is 11.3 Å². The molecular formula is C30H25Cl2N3O4S. The maximum atomic E-state index is 11.2. The number of fused-ring (bicyclic) bond motifs is 1. The first-order valence-electron chi connectivity index (χ1n) is 13.6. The van der Waals surface area contributed by atoms with E-state index in [4.69, 9.17) is 37.4 Å². The van der Waals surface area contributed by atoms with E-state index in [9.17, 15) is 9.90 Å². The number of anilines is 1. The van der Waals surface area contributed by atoms with Gasteiger partial charge in [0.25, 0.3) is 0 Å². The summed E-state index contributed by atoms with van der Waals surface area (Å²) in [6, 6.07) is 13.2. The molecule has 0 amide bonds. The van der Waals surface area contributed by atoms with E-state index in [0.717, 1.165) is 59.8 Å². The molecule has 10 heteroatoms. The third-order valence-corrected chi connectivity index (χ3v) is 10.6. The summed E-state index contributed by atoms with van der Waals surface area (Å²) in [6.07, 6.45) is 5.26. The number of aromatic carboxylic acids is 1. The molecule has 2 bridgehead atoms. The highest BCUT2D eigenvalue weighted by molar-refractivity contribution is 7.14. The second-order valence-corrected chi connectivity index (χ2v) is 13.0. The van der Waals surface area contributed by atoms with E-state index in [1.54, 1.807) is 23.5 Å². The molecule has 3 saturated carbocycles. The number of carboxylic acids is 1. The topological polar surface area (TPSA) is 88.7 Å². The number of hydrogen-bond acceptors (Lipinski definition) is 7. The molecule has 7 nitrogen and oxygen atoms in total. The zero-order chi connectivity index (χ0) is 27.2. The number of aromatic nitrogens is 2. The Hall–Kier alpha value is -2.91. The largest absolute Gasteiger partial charge is 0.478 e.